The highest BCUT2D eigenvalue weighted by Gasteiger charge is 2.50. The Hall–Kier alpha value is -3.05. The van der Waals surface area contributed by atoms with Crippen molar-refractivity contribution in [3.8, 4) is 11.4 Å². The monoisotopic (exact) mass is 426 g/mol. The molecule has 2 amide bonds. The van der Waals surface area contributed by atoms with E-state index in [1.807, 2.05) is 13.0 Å². The smallest absolute Gasteiger partial charge is 0.320 e. The average Bonchev–Trinajstić information content (AvgIpc) is 2.73. The molecule has 3 fully saturated rings. The van der Waals surface area contributed by atoms with Gasteiger partial charge in [0.1, 0.15) is 5.82 Å². The summed E-state index contributed by atoms with van der Waals surface area (Å²) in [5, 5.41) is 5.38. The molecule has 0 unspecified atom stereocenters. The fraction of sp³-hybridized carbons (Fsp3) is 0.550. The van der Waals surface area contributed by atoms with E-state index in [0.29, 0.717) is 43.3 Å². The Morgan fingerprint density at radius 2 is 1.81 bits per heavy atom. The number of carbonyl (C=O) groups is 1. The summed E-state index contributed by atoms with van der Waals surface area (Å²) in [6.45, 7) is 8.61. The number of ether oxygens (including phenoxy) is 2. The normalized spacial score (nSPS) is 19.5. The molecule has 2 N–H and O–H groups in total. The minimum absolute atomic E-state index is 0.264. The Balaban J connectivity index is 1.40. The first-order valence-corrected chi connectivity index (χ1v) is 10.6. The number of urea groups is 1. The number of aromatic nitrogens is 4. The number of rotatable bonds is 5. The quantitative estimate of drug-likeness (QED) is 0.714. The van der Waals surface area contributed by atoms with Crippen molar-refractivity contribution >= 4 is 23.7 Å². The Morgan fingerprint density at radius 1 is 1.06 bits per heavy atom. The third kappa shape index (κ3) is 4.10. The van der Waals surface area contributed by atoms with Crippen molar-refractivity contribution in [1.29, 1.82) is 0 Å². The predicted octanol–water partition coefficient (Wildman–Crippen LogP) is 0.748. The molecule has 3 saturated heterocycles. The zero-order chi connectivity index (χ0) is 21.3. The number of amides is 2. The minimum atomic E-state index is -0.286. The van der Waals surface area contributed by atoms with Crippen molar-refractivity contribution in [2.75, 3.05) is 74.3 Å². The molecule has 0 saturated carbocycles. The minimum Gasteiger partial charge on any atom is -0.380 e. The molecule has 0 bridgehead atoms. The molecule has 2 aromatic heterocycles. The lowest BCUT2D eigenvalue weighted by molar-refractivity contribution is -0.127. The highest BCUT2D eigenvalue weighted by molar-refractivity contribution is 5.88. The Labute approximate surface area is 180 Å². The predicted molar refractivity (Wildman–Crippen MR) is 114 cm³/mol. The van der Waals surface area contributed by atoms with E-state index in [4.69, 9.17) is 24.4 Å². The Kier molecular flexibility index (Phi) is 5.28. The fourth-order valence-corrected chi connectivity index (χ4v) is 3.93. The van der Waals surface area contributed by atoms with Crippen LogP contribution in [0.3, 0.4) is 0 Å². The van der Waals surface area contributed by atoms with Crippen molar-refractivity contribution in [3.05, 3.63) is 18.3 Å². The summed E-state index contributed by atoms with van der Waals surface area (Å²) in [6.07, 6.45) is 1.67. The van der Waals surface area contributed by atoms with Gasteiger partial charge in [-0.15, -0.1) is 0 Å². The number of pyridine rings is 1. The summed E-state index contributed by atoms with van der Waals surface area (Å²) in [5.74, 6) is 2.36. The van der Waals surface area contributed by atoms with Crippen LogP contribution in [0.4, 0.5) is 22.5 Å². The van der Waals surface area contributed by atoms with Crippen molar-refractivity contribution in [3.63, 3.8) is 0 Å². The van der Waals surface area contributed by atoms with Crippen LogP contribution in [0.25, 0.3) is 11.4 Å². The van der Waals surface area contributed by atoms with E-state index in [-0.39, 0.29) is 11.4 Å². The largest absolute Gasteiger partial charge is 0.380 e. The second-order valence-corrected chi connectivity index (χ2v) is 8.12. The lowest BCUT2D eigenvalue weighted by atomic mass is 9.78. The van der Waals surface area contributed by atoms with Crippen molar-refractivity contribution in [1.82, 2.24) is 25.3 Å². The van der Waals surface area contributed by atoms with Crippen LogP contribution in [0.15, 0.2) is 18.3 Å². The van der Waals surface area contributed by atoms with E-state index in [2.05, 4.69) is 25.4 Å². The van der Waals surface area contributed by atoms with Crippen LogP contribution < -0.4 is 20.4 Å². The van der Waals surface area contributed by atoms with Gasteiger partial charge in [-0.05, 0) is 19.1 Å². The molecule has 0 atom stereocenters. The lowest BCUT2D eigenvalue weighted by Crippen LogP contribution is -2.66. The summed E-state index contributed by atoms with van der Waals surface area (Å²) >= 11 is 0. The van der Waals surface area contributed by atoms with Gasteiger partial charge in [0, 0.05) is 44.5 Å². The second-order valence-electron chi connectivity index (χ2n) is 8.12. The first-order chi connectivity index (χ1) is 15.1. The first kappa shape index (κ1) is 19.9. The van der Waals surface area contributed by atoms with Crippen molar-refractivity contribution in [2.24, 2.45) is 5.41 Å². The van der Waals surface area contributed by atoms with Crippen LogP contribution in [-0.4, -0.2) is 85.1 Å². The van der Waals surface area contributed by atoms with Crippen LogP contribution in [0, 0.1) is 5.41 Å². The van der Waals surface area contributed by atoms with Crippen LogP contribution >= 0.6 is 0 Å². The molecule has 3 aliphatic heterocycles. The third-order valence-electron chi connectivity index (χ3n) is 5.66. The Bertz CT molecular complexity index is 936. The molecule has 0 aromatic carbocycles. The molecule has 11 heteroatoms. The molecule has 31 heavy (non-hydrogen) atoms. The molecular weight excluding hydrogens is 400 g/mol. The lowest BCUT2D eigenvalue weighted by Gasteiger charge is -2.54. The molecular formula is C20H26N8O3. The van der Waals surface area contributed by atoms with Gasteiger partial charge in [-0.25, -0.2) is 9.78 Å². The zero-order valence-corrected chi connectivity index (χ0v) is 17.5. The number of hydrogen-bond donors (Lipinski definition) is 2. The van der Waals surface area contributed by atoms with Gasteiger partial charge in [-0.3, -0.25) is 5.32 Å². The third-order valence-corrected chi connectivity index (χ3v) is 5.66. The van der Waals surface area contributed by atoms with Gasteiger partial charge < -0.3 is 24.6 Å². The molecule has 164 valence electrons. The number of nitrogens with one attached hydrogen (secondary N) is 2. The maximum Gasteiger partial charge on any atom is 0.320 e. The molecule has 0 radical (unpaired) electrons. The Morgan fingerprint density at radius 3 is 2.42 bits per heavy atom. The van der Waals surface area contributed by atoms with E-state index in [0.717, 1.165) is 45.0 Å². The highest BCUT2D eigenvalue weighted by atomic mass is 16.5. The molecule has 2 aromatic rings. The van der Waals surface area contributed by atoms with Gasteiger partial charge in [0.15, 0.2) is 5.82 Å². The van der Waals surface area contributed by atoms with Gasteiger partial charge in [0.05, 0.1) is 31.8 Å². The van der Waals surface area contributed by atoms with Gasteiger partial charge in [0.25, 0.3) is 0 Å². The topological polar surface area (TPSA) is 118 Å². The summed E-state index contributed by atoms with van der Waals surface area (Å²) in [7, 11) is 0. The fourth-order valence-electron chi connectivity index (χ4n) is 3.93. The zero-order valence-electron chi connectivity index (χ0n) is 17.5. The van der Waals surface area contributed by atoms with Crippen LogP contribution in [0.5, 0.6) is 0 Å². The van der Waals surface area contributed by atoms with E-state index < -0.39 is 0 Å². The standard InChI is InChI=1S/C20H26N8O3/c1-2-21-19(29)23-15-4-3-14(9-22-15)16-24-17(27-5-7-30-8-6-27)26-18(25-16)28-10-20(11-28)12-31-13-20/h3-4,9H,2,5-8,10-13H2,1H3,(H2,21,22,23,29). The van der Waals surface area contributed by atoms with Gasteiger partial charge in [0.2, 0.25) is 11.9 Å². The molecule has 0 aliphatic carbocycles. The molecule has 1 spiro atoms. The van der Waals surface area contributed by atoms with Gasteiger partial charge >= 0.3 is 6.03 Å². The summed E-state index contributed by atoms with van der Waals surface area (Å²) in [6, 6.07) is 3.31. The molecule has 3 aliphatic rings. The summed E-state index contributed by atoms with van der Waals surface area (Å²) < 4.78 is 10.9. The molecule has 5 heterocycles. The van der Waals surface area contributed by atoms with Crippen molar-refractivity contribution in [2.45, 2.75) is 6.92 Å². The van der Waals surface area contributed by atoms with E-state index in [1.165, 1.54) is 0 Å². The highest BCUT2D eigenvalue weighted by Crippen LogP contribution is 2.39. The second kappa shape index (κ2) is 8.23. The van der Waals surface area contributed by atoms with Crippen molar-refractivity contribution < 1.29 is 14.3 Å². The number of hydrogen-bond acceptors (Lipinski definition) is 9. The number of nitrogens with zero attached hydrogens (tertiary/aromatic N) is 6. The average molecular weight is 426 g/mol. The van der Waals surface area contributed by atoms with Crippen LogP contribution in [0.1, 0.15) is 6.92 Å². The maximum atomic E-state index is 11.7. The number of morpholine rings is 1. The molecule has 11 nitrogen and oxygen atoms in total. The first-order valence-electron chi connectivity index (χ1n) is 10.6. The van der Waals surface area contributed by atoms with E-state index >= 15 is 0 Å². The van der Waals surface area contributed by atoms with Gasteiger partial charge in [-0.1, -0.05) is 0 Å². The van der Waals surface area contributed by atoms with Crippen LogP contribution in [0.2, 0.25) is 0 Å². The summed E-state index contributed by atoms with van der Waals surface area (Å²) in [4.78, 5) is 34.5. The number of carbonyl (C=O) groups excluding carboxylic acids is 1. The maximum absolute atomic E-state index is 11.7. The van der Waals surface area contributed by atoms with E-state index in [9.17, 15) is 4.79 Å². The van der Waals surface area contributed by atoms with E-state index in [1.54, 1.807) is 12.3 Å². The van der Waals surface area contributed by atoms with Crippen LogP contribution in [-0.2, 0) is 9.47 Å². The summed E-state index contributed by atoms with van der Waals surface area (Å²) in [5.41, 5.74) is 1.03. The SMILES string of the molecule is CCNC(=O)Nc1ccc(-c2nc(N3CCOCC3)nc(N3CC4(COC4)C3)n2)cn1. The number of anilines is 3. The van der Waals surface area contributed by atoms with Gasteiger partial charge in [-0.2, -0.15) is 15.0 Å². The molecule has 5 rings (SSSR count).